The van der Waals surface area contributed by atoms with E-state index in [0.717, 1.165) is 38.5 Å². The number of hydrogen-bond acceptors (Lipinski definition) is 9. The van der Waals surface area contributed by atoms with Gasteiger partial charge in [0.05, 0.1) is 33.1 Å². The third kappa shape index (κ3) is 7.74. The van der Waals surface area contributed by atoms with Crippen molar-refractivity contribution in [3.8, 4) is 38.9 Å². The summed E-state index contributed by atoms with van der Waals surface area (Å²) in [6.07, 6.45) is 2.03. The summed E-state index contributed by atoms with van der Waals surface area (Å²) < 4.78 is 17.1. The van der Waals surface area contributed by atoms with E-state index in [-0.39, 0.29) is 23.3 Å². The van der Waals surface area contributed by atoms with Crippen molar-refractivity contribution in [1.29, 1.82) is 0 Å². The second-order valence-corrected chi connectivity index (χ2v) is 12.3. The topological polar surface area (TPSA) is 128 Å². The first-order valence-corrected chi connectivity index (χ1v) is 16.4. The highest BCUT2D eigenvalue weighted by molar-refractivity contribution is 7.13. The van der Waals surface area contributed by atoms with Crippen LogP contribution in [0.4, 0.5) is 5.69 Å². The second kappa shape index (κ2) is 15.1. The van der Waals surface area contributed by atoms with Crippen LogP contribution in [-0.2, 0) is 22.6 Å². The van der Waals surface area contributed by atoms with Gasteiger partial charge in [0.25, 0.3) is 0 Å². The molecule has 47 heavy (non-hydrogen) atoms. The molecule has 0 radical (unpaired) electrons. The average Bonchev–Trinajstić information content (AvgIpc) is 3.37. The summed E-state index contributed by atoms with van der Waals surface area (Å²) >= 11 is 1.60. The first-order chi connectivity index (χ1) is 22.7. The minimum Gasteiger partial charge on any atom is -0.493 e. The van der Waals surface area contributed by atoms with Gasteiger partial charge in [0.2, 0.25) is 23.0 Å². The van der Waals surface area contributed by atoms with Gasteiger partial charge in [-0.3, -0.25) is 14.4 Å². The van der Waals surface area contributed by atoms with E-state index >= 15 is 0 Å². The molecule has 1 aromatic heterocycles. The molecule has 0 aliphatic heterocycles. The van der Waals surface area contributed by atoms with Gasteiger partial charge in [-0.15, -0.1) is 11.3 Å². The number of carbonyl (C=O) groups excluding carboxylic acids is 2. The predicted octanol–water partition coefficient (Wildman–Crippen LogP) is 5.80. The molecular formula is C36H40N4O6S. The van der Waals surface area contributed by atoms with Gasteiger partial charge in [-0.25, -0.2) is 4.98 Å². The molecule has 11 heteroatoms. The molecule has 246 valence electrons. The molecule has 5 rings (SSSR count). The number of carbonyl (C=O) groups is 2. The molecule has 1 heterocycles. The molecule has 0 saturated carbocycles. The zero-order chi connectivity index (χ0) is 33.5. The van der Waals surface area contributed by atoms with E-state index in [0.29, 0.717) is 67.3 Å². The van der Waals surface area contributed by atoms with E-state index in [1.54, 1.807) is 44.8 Å². The van der Waals surface area contributed by atoms with Gasteiger partial charge >= 0.3 is 0 Å². The minimum absolute atomic E-state index is 0.0683. The maximum absolute atomic E-state index is 13.5. The fourth-order valence-corrected chi connectivity index (χ4v) is 6.71. The largest absolute Gasteiger partial charge is 0.493 e. The Bertz CT molecular complexity index is 1840. The van der Waals surface area contributed by atoms with Crippen molar-refractivity contribution in [3.63, 3.8) is 0 Å². The molecule has 10 nitrogen and oxygen atoms in total. The lowest BCUT2D eigenvalue weighted by Gasteiger charge is -2.19. The lowest BCUT2D eigenvalue weighted by Crippen LogP contribution is -2.26. The molecule has 4 aromatic rings. The maximum atomic E-state index is 13.5. The molecule has 1 aliphatic rings. The number of thiazole rings is 1. The summed E-state index contributed by atoms with van der Waals surface area (Å²) in [6, 6.07) is 14.7. The summed E-state index contributed by atoms with van der Waals surface area (Å²) in [4.78, 5) is 42.9. The lowest BCUT2D eigenvalue weighted by atomic mass is 9.95. The Kier molecular flexibility index (Phi) is 10.8. The highest BCUT2D eigenvalue weighted by Gasteiger charge is 2.29. The van der Waals surface area contributed by atoms with Crippen molar-refractivity contribution < 1.29 is 23.8 Å². The SMILES string of the molecule is COc1cc2c(c(OC)c1OC)-c1ccc(NCCCC(=O)NCc3cccc(-c4nc(C)cs4)c3)c(=O)cc1C(NC(C)=O)CC2. The highest BCUT2D eigenvalue weighted by Crippen LogP contribution is 2.50. The second-order valence-electron chi connectivity index (χ2n) is 11.4. The molecule has 1 unspecified atom stereocenters. The first kappa shape index (κ1) is 33.5. The Morgan fingerprint density at radius 1 is 1.02 bits per heavy atom. The molecule has 0 spiro atoms. The van der Waals surface area contributed by atoms with E-state index in [9.17, 15) is 14.4 Å². The molecule has 3 N–H and O–H groups in total. The Morgan fingerprint density at radius 2 is 1.83 bits per heavy atom. The van der Waals surface area contributed by atoms with Gasteiger partial charge in [-0.05, 0) is 72.7 Å². The van der Waals surface area contributed by atoms with Gasteiger partial charge in [0, 0.05) is 48.6 Å². The molecule has 0 bridgehead atoms. The maximum Gasteiger partial charge on any atom is 0.220 e. The van der Waals surface area contributed by atoms with E-state index in [2.05, 4.69) is 20.9 Å². The van der Waals surface area contributed by atoms with E-state index < -0.39 is 0 Å². The number of hydrogen-bond donors (Lipinski definition) is 3. The summed E-state index contributed by atoms with van der Waals surface area (Å²) in [5.41, 5.74) is 6.40. The van der Waals surface area contributed by atoms with E-state index in [4.69, 9.17) is 14.2 Å². The van der Waals surface area contributed by atoms with Crippen molar-refractivity contribution in [2.75, 3.05) is 33.2 Å². The molecule has 3 aromatic carbocycles. The fourth-order valence-electron chi connectivity index (χ4n) is 5.92. The van der Waals surface area contributed by atoms with Crippen molar-refractivity contribution in [2.24, 2.45) is 0 Å². The first-order valence-electron chi connectivity index (χ1n) is 15.5. The number of methoxy groups -OCH3 is 3. The van der Waals surface area contributed by atoms with Crippen molar-refractivity contribution in [3.05, 3.63) is 86.5 Å². The van der Waals surface area contributed by atoms with Gasteiger partial charge in [0.15, 0.2) is 11.5 Å². The molecule has 0 saturated heterocycles. The van der Waals surface area contributed by atoms with E-state index in [1.165, 1.54) is 6.92 Å². The van der Waals surface area contributed by atoms with Crippen LogP contribution in [0.1, 0.15) is 54.6 Å². The molecular weight excluding hydrogens is 616 g/mol. The molecule has 0 fully saturated rings. The summed E-state index contributed by atoms with van der Waals surface area (Å²) in [5, 5.41) is 12.2. The number of benzene rings is 2. The number of ether oxygens (including phenoxy) is 3. The summed E-state index contributed by atoms with van der Waals surface area (Å²) in [6.45, 7) is 4.29. The van der Waals surface area contributed by atoms with Crippen LogP contribution in [0, 0.1) is 6.92 Å². The highest BCUT2D eigenvalue weighted by atomic mass is 32.1. The van der Waals surface area contributed by atoms with Crippen LogP contribution in [0.5, 0.6) is 17.2 Å². The van der Waals surface area contributed by atoms with Crippen LogP contribution < -0.4 is 35.6 Å². The zero-order valence-corrected chi connectivity index (χ0v) is 28.1. The van der Waals surface area contributed by atoms with Crippen LogP contribution in [0.3, 0.4) is 0 Å². The summed E-state index contributed by atoms with van der Waals surface area (Å²) in [5.74, 6) is 1.23. The monoisotopic (exact) mass is 656 g/mol. The van der Waals surface area contributed by atoms with Crippen LogP contribution in [0.25, 0.3) is 21.7 Å². The Hall–Kier alpha value is -4.90. The number of aromatic nitrogens is 1. The van der Waals surface area contributed by atoms with Crippen LogP contribution in [0.2, 0.25) is 0 Å². The number of nitrogens with one attached hydrogen (secondary N) is 3. The van der Waals surface area contributed by atoms with Crippen LogP contribution in [0.15, 0.2) is 58.7 Å². The predicted molar refractivity (Wildman–Crippen MR) is 185 cm³/mol. The van der Waals surface area contributed by atoms with Gasteiger partial charge < -0.3 is 30.2 Å². The number of nitrogens with zero attached hydrogens (tertiary/aromatic N) is 1. The number of anilines is 1. The zero-order valence-electron chi connectivity index (χ0n) is 27.3. The normalized spacial score (nSPS) is 13.4. The third-order valence-electron chi connectivity index (χ3n) is 8.09. The van der Waals surface area contributed by atoms with Gasteiger partial charge in [-0.2, -0.15) is 0 Å². The van der Waals surface area contributed by atoms with Gasteiger partial charge in [-0.1, -0.05) is 24.3 Å². The van der Waals surface area contributed by atoms with Crippen LogP contribution in [-0.4, -0.2) is 44.7 Å². The van der Waals surface area contributed by atoms with Crippen molar-refractivity contribution in [2.45, 2.75) is 52.1 Å². The average molecular weight is 657 g/mol. The van der Waals surface area contributed by atoms with Gasteiger partial charge in [0.1, 0.15) is 5.01 Å². The fraction of sp³-hybridized carbons (Fsp3) is 0.333. The Morgan fingerprint density at radius 3 is 2.53 bits per heavy atom. The van der Waals surface area contributed by atoms with Crippen molar-refractivity contribution >= 4 is 28.8 Å². The molecule has 1 aliphatic carbocycles. The quantitative estimate of drug-likeness (QED) is 0.163. The summed E-state index contributed by atoms with van der Waals surface area (Å²) in [7, 11) is 4.69. The standard InChI is InChI=1S/C36H40N4O6S/c1-21-20-47-36(39-21)25-9-6-8-23(16-25)19-38-32(43)10-7-15-37-29-14-12-26-27(18-30(29)42)28(40-22(2)41)13-11-24-17-31(44-3)34(45-4)35(46-5)33(24)26/h6,8-9,12,14,16-18,20,28H,7,10-11,13,15,19H2,1-5H3,(H,37,42)(H,38,43)(H,40,41). The smallest absolute Gasteiger partial charge is 0.220 e. The number of rotatable bonds is 12. The van der Waals surface area contributed by atoms with Crippen LogP contribution >= 0.6 is 11.3 Å². The minimum atomic E-state index is -0.389. The number of fused-ring (bicyclic) bond motifs is 3. The third-order valence-corrected chi connectivity index (χ3v) is 9.10. The molecule has 2 amide bonds. The number of aryl methyl sites for hydroxylation is 2. The number of amides is 2. The Labute approximate surface area is 278 Å². The Balaban J connectivity index is 1.30. The molecule has 1 atom stereocenters. The lowest BCUT2D eigenvalue weighted by molar-refractivity contribution is -0.121. The van der Waals surface area contributed by atoms with E-state index in [1.807, 2.05) is 48.7 Å². The van der Waals surface area contributed by atoms with Crippen molar-refractivity contribution in [1.82, 2.24) is 15.6 Å².